The monoisotopic (exact) mass is 926 g/mol. The Bertz CT molecular complexity index is 1990. The van der Waals surface area contributed by atoms with Crippen molar-refractivity contribution in [2.24, 2.45) is 0 Å². The van der Waals surface area contributed by atoms with Gasteiger partial charge < -0.3 is 29.5 Å². The van der Waals surface area contributed by atoms with Crippen LogP contribution in [0.5, 0.6) is 0 Å². The number of anilines is 4. The van der Waals surface area contributed by atoms with Crippen molar-refractivity contribution in [2.75, 3.05) is 20.4 Å². The molecule has 63 heavy (non-hydrogen) atoms. The van der Waals surface area contributed by atoms with Crippen LogP contribution < -0.4 is 20.4 Å². The van der Waals surface area contributed by atoms with E-state index in [9.17, 15) is 25.9 Å². The van der Waals surface area contributed by atoms with E-state index in [1.807, 2.05) is 36.4 Å². The van der Waals surface area contributed by atoms with Gasteiger partial charge in [0.2, 0.25) is 0 Å². The quantitative estimate of drug-likeness (QED) is 0.0355. The number of nitrogens with one attached hydrogen (secondary N) is 2. The van der Waals surface area contributed by atoms with Crippen molar-refractivity contribution in [3.63, 3.8) is 0 Å². The van der Waals surface area contributed by atoms with Crippen molar-refractivity contribution in [3.8, 4) is 0 Å². The maximum atomic E-state index is 11.5. The molecule has 4 aromatic rings. The molecule has 0 aromatic heterocycles. The zero-order valence-electron chi connectivity index (χ0n) is 37.8. The summed E-state index contributed by atoms with van der Waals surface area (Å²) in [4.78, 5) is 4.05. The summed E-state index contributed by atoms with van der Waals surface area (Å²) in [5, 5.41) is 7.08. The molecule has 13 heteroatoms. The summed E-state index contributed by atoms with van der Waals surface area (Å²) in [7, 11) is -8.96. The van der Waals surface area contributed by atoms with E-state index in [1.54, 1.807) is 12.1 Å². The number of benzene rings is 4. The van der Waals surface area contributed by atoms with Gasteiger partial charge in [-0.05, 0) is 73.2 Å². The molecule has 2 aliphatic rings. The summed E-state index contributed by atoms with van der Waals surface area (Å²) in [6, 6.07) is 29.6. The molecule has 0 saturated carbocycles. The van der Waals surface area contributed by atoms with E-state index in [0.717, 1.165) is 59.6 Å². The Morgan fingerprint density at radius 1 is 0.460 bits per heavy atom. The Morgan fingerprint density at radius 3 is 1.10 bits per heavy atom. The van der Waals surface area contributed by atoms with Gasteiger partial charge in [0.15, 0.2) is 0 Å². The van der Waals surface area contributed by atoms with Gasteiger partial charge in [-0.3, -0.25) is 0 Å². The van der Waals surface area contributed by atoms with Crippen LogP contribution in [-0.2, 0) is 33.3 Å². The molecule has 340 valence electrons. The average molecular weight is 927 g/mol. The van der Waals surface area contributed by atoms with Crippen LogP contribution in [0.4, 0.5) is 22.7 Å². The maximum absolute atomic E-state index is 11.5. The smallest absolute Gasteiger partial charge is 0.744 e. The number of rotatable bonds is 26. The molecule has 0 radical (unpaired) electrons. The van der Waals surface area contributed by atoms with Gasteiger partial charge in [-0.2, -0.15) is 0 Å². The van der Waals surface area contributed by atoms with Gasteiger partial charge in [0.05, 0.1) is 44.9 Å². The Labute approximate surface area is 409 Å². The zero-order valence-corrected chi connectivity index (χ0v) is 41.7. The van der Waals surface area contributed by atoms with Gasteiger partial charge in [0, 0.05) is 13.1 Å². The van der Waals surface area contributed by atoms with Crippen molar-refractivity contribution >= 4 is 80.7 Å². The molecule has 2 atom stereocenters. The van der Waals surface area contributed by atoms with Gasteiger partial charge in [-0.1, -0.05) is 177 Å². The van der Waals surface area contributed by atoms with Gasteiger partial charge in [-0.15, -0.1) is 0 Å². The van der Waals surface area contributed by atoms with Gasteiger partial charge in [-0.25, -0.2) is 16.8 Å². The van der Waals surface area contributed by atoms with Gasteiger partial charge in [0.25, 0.3) is 0 Å². The third-order valence-electron chi connectivity index (χ3n) is 12.1. The molecule has 0 fully saturated rings. The van der Waals surface area contributed by atoms with Crippen molar-refractivity contribution in [2.45, 2.75) is 177 Å². The molecule has 2 N–H and O–H groups in total. The van der Waals surface area contributed by atoms with E-state index in [-0.39, 0.29) is 59.9 Å². The van der Waals surface area contributed by atoms with Crippen LogP contribution in [0, 0.1) is 0 Å². The largest absolute Gasteiger partial charge is 2.00 e. The second-order valence-electron chi connectivity index (χ2n) is 17.0. The topological polar surface area (TPSA) is 145 Å². The van der Waals surface area contributed by atoms with Crippen LogP contribution in [0.3, 0.4) is 0 Å². The summed E-state index contributed by atoms with van der Waals surface area (Å²) >= 11 is 0. The normalized spacial score (nSPS) is 15.4. The minimum absolute atomic E-state index is 0. The van der Waals surface area contributed by atoms with E-state index >= 15 is 0 Å². The van der Waals surface area contributed by atoms with Crippen LogP contribution >= 0.6 is 0 Å². The third kappa shape index (κ3) is 17.5. The van der Waals surface area contributed by atoms with Crippen LogP contribution in [0.25, 0.3) is 0 Å². The van der Waals surface area contributed by atoms with Crippen molar-refractivity contribution in [3.05, 3.63) is 108 Å². The Morgan fingerprint density at radius 2 is 0.778 bits per heavy atom. The molecule has 4 aromatic carbocycles. The van der Waals surface area contributed by atoms with E-state index in [1.165, 1.54) is 127 Å². The Balaban J connectivity index is 0.000000272. The summed E-state index contributed by atoms with van der Waals surface area (Å²) in [5.41, 5.74) is 5.69. The first-order valence-corrected chi connectivity index (χ1v) is 26.1. The molecular weight excluding hydrogens is 857 g/mol. The molecule has 6 rings (SSSR count). The third-order valence-corrected chi connectivity index (χ3v) is 13.7. The van der Waals surface area contributed by atoms with Crippen LogP contribution in [0.1, 0.15) is 153 Å². The van der Waals surface area contributed by atoms with E-state index < -0.39 is 20.2 Å². The SMILES string of the molecule is CCCCCCCCCCCC1Nc2ccc(S(=O)(=O)[O-])cc2N1Cc1ccccc1.CCCCCCCCCCCC1Nc2ccc(S(=O)(=O)[O-])cc2N1Cc1ccccc1.[Ca+2]. The summed E-state index contributed by atoms with van der Waals surface area (Å²) in [6.07, 6.45) is 25.3. The summed E-state index contributed by atoms with van der Waals surface area (Å²) < 4.78 is 69.2. The molecule has 2 heterocycles. The first-order valence-electron chi connectivity index (χ1n) is 23.3. The van der Waals surface area contributed by atoms with Crippen LogP contribution in [-0.4, -0.2) is 76.0 Å². The molecule has 10 nitrogen and oxygen atoms in total. The number of fused-ring (bicyclic) bond motifs is 2. The second-order valence-corrected chi connectivity index (χ2v) is 19.8. The number of nitrogens with zero attached hydrogens (tertiary/aromatic N) is 2. The maximum Gasteiger partial charge on any atom is 2.00 e. The first-order chi connectivity index (χ1) is 30.0. The van der Waals surface area contributed by atoms with Gasteiger partial charge in [0.1, 0.15) is 20.2 Å². The molecule has 0 aliphatic carbocycles. The number of hydrogen-bond acceptors (Lipinski definition) is 10. The van der Waals surface area contributed by atoms with Crippen molar-refractivity contribution in [1.82, 2.24) is 0 Å². The fourth-order valence-electron chi connectivity index (χ4n) is 8.61. The Hall–Kier alpha value is -2.84. The number of hydrogen-bond donors (Lipinski definition) is 2. The minimum atomic E-state index is -4.48. The zero-order chi connectivity index (χ0) is 44.2. The minimum Gasteiger partial charge on any atom is -0.744 e. The number of unbranched alkanes of at least 4 members (excludes halogenated alkanes) is 16. The fraction of sp³-hybridized carbons (Fsp3) is 0.520. The van der Waals surface area contributed by atoms with Gasteiger partial charge >= 0.3 is 37.7 Å². The molecule has 0 spiro atoms. The van der Waals surface area contributed by atoms with E-state index in [0.29, 0.717) is 13.1 Å². The molecule has 0 bridgehead atoms. The molecule has 2 aliphatic heterocycles. The van der Waals surface area contributed by atoms with E-state index in [4.69, 9.17) is 0 Å². The summed E-state index contributed by atoms with van der Waals surface area (Å²) in [5.74, 6) is 0. The molecular formula is C50H70CaN4O6S2. The fourth-order valence-corrected chi connectivity index (χ4v) is 9.59. The standard InChI is InChI=1S/2C25H36N2O3S.Ca/c2*1-2-3-4-5-6-7-8-9-13-16-25-26-23-18-17-22(31(28,29)30)19-24(23)27(25)20-21-14-11-10-12-15-21;/h2*10-12,14-15,17-19,25-26H,2-9,13,16,20H2,1H3,(H,28,29,30);/q;;+2/p-2. The average Bonchev–Trinajstić information content (AvgIpc) is 3.78. The molecule has 0 saturated heterocycles. The van der Waals surface area contributed by atoms with E-state index in [2.05, 4.69) is 58.5 Å². The predicted molar refractivity (Wildman–Crippen MR) is 258 cm³/mol. The second kappa shape index (κ2) is 27.6. The Kier molecular flexibility index (Phi) is 23.1. The summed E-state index contributed by atoms with van der Waals surface area (Å²) in [6.45, 7) is 5.84. The molecule has 0 amide bonds. The van der Waals surface area contributed by atoms with Crippen molar-refractivity contribution < 1.29 is 25.9 Å². The van der Waals surface area contributed by atoms with Crippen LogP contribution in [0.15, 0.2) is 107 Å². The van der Waals surface area contributed by atoms with Crippen molar-refractivity contribution in [1.29, 1.82) is 0 Å². The van der Waals surface area contributed by atoms with Crippen LogP contribution in [0.2, 0.25) is 0 Å². The predicted octanol–water partition coefficient (Wildman–Crippen LogP) is 12.2. The molecule has 2 unspecified atom stereocenters. The first kappa shape index (κ1) is 52.8.